The Hall–Kier alpha value is -3.55. The molecule has 1 aromatic carbocycles. The molecule has 234 valence electrons. The average Bonchev–Trinajstić information content (AvgIpc) is 3.62. The zero-order valence-electron chi connectivity index (χ0n) is 25.2. The summed E-state index contributed by atoms with van der Waals surface area (Å²) < 4.78 is 33.6. The first-order valence-corrected chi connectivity index (χ1v) is 15.2. The van der Waals surface area contributed by atoms with E-state index in [0.717, 1.165) is 28.7 Å². The molecule has 1 amide bonds. The molecule has 0 bridgehead atoms. The normalized spacial score (nSPS) is 14.3. The Morgan fingerprint density at radius 3 is 2.51 bits per heavy atom. The molecule has 1 aliphatic heterocycles. The number of amides is 1. The van der Waals surface area contributed by atoms with Crippen LogP contribution in [0.15, 0.2) is 27.8 Å². The van der Waals surface area contributed by atoms with Crippen LogP contribution < -0.4 is 21.7 Å². The topological polar surface area (TPSA) is 135 Å². The first kappa shape index (κ1) is 32.4. The quantitative estimate of drug-likeness (QED) is 0.241. The number of halogens is 1. The summed E-state index contributed by atoms with van der Waals surface area (Å²) in [5, 5.41) is 0.127. The number of benzene rings is 1. The maximum atomic E-state index is 14.5. The monoisotopic (exact) mass is 618 g/mol. The number of rotatable bonds is 12. The van der Waals surface area contributed by atoms with Crippen molar-refractivity contribution in [1.29, 1.82) is 0 Å². The third kappa shape index (κ3) is 6.24. The molecule has 11 nitrogen and oxygen atoms in total. The molecule has 0 aliphatic carbocycles. The second kappa shape index (κ2) is 13.4. The fourth-order valence-electron chi connectivity index (χ4n) is 5.47. The number of likely N-dealkylation sites (tertiary alicyclic amines) is 1. The Morgan fingerprint density at radius 2 is 1.88 bits per heavy atom. The van der Waals surface area contributed by atoms with Crippen LogP contribution in [0.1, 0.15) is 66.9 Å². The zero-order valence-corrected chi connectivity index (χ0v) is 26.1. The molecule has 1 atom stereocenters. The lowest BCUT2D eigenvalue weighted by Gasteiger charge is -2.31. The van der Waals surface area contributed by atoms with E-state index in [-0.39, 0.29) is 40.8 Å². The minimum absolute atomic E-state index is 0.122. The van der Waals surface area contributed by atoms with Crippen molar-refractivity contribution in [3.05, 3.63) is 60.9 Å². The highest BCUT2D eigenvalue weighted by atomic mass is 32.1. The molecule has 1 aliphatic rings. The molecule has 3 aromatic rings. The third-order valence-electron chi connectivity index (χ3n) is 7.70. The van der Waals surface area contributed by atoms with Gasteiger partial charge in [-0.15, -0.1) is 11.3 Å². The SMILES string of the molecule is CCOC(=O)c1sc2c(c1C)c(=O)n(C(C)(C)C(=O)N1CCCC1)c(=O)n2C[C@H](OCCCN)c1cc(F)ccc1OC. The molecular weight excluding hydrogens is 579 g/mol. The second-order valence-corrected chi connectivity index (χ2v) is 11.9. The van der Waals surface area contributed by atoms with E-state index in [9.17, 15) is 23.6 Å². The molecule has 43 heavy (non-hydrogen) atoms. The number of fused-ring (bicyclic) bond motifs is 1. The number of carbonyl (C=O) groups excluding carboxylic acids is 2. The summed E-state index contributed by atoms with van der Waals surface area (Å²) >= 11 is 0.957. The minimum Gasteiger partial charge on any atom is -0.496 e. The fraction of sp³-hybridized carbons (Fsp3) is 0.533. The van der Waals surface area contributed by atoms with Gasteiger partial charge in [0.25, 0.3) is 5.56 Å². The van der Waals surface area contributed by atoms with E-state index >= 15 is 0 Å². The Balaban J connectivity index is 2.00. The van der Waals surface area contributed by atoms with Crippen molar-refractivity contribution >= 4 is 33.4 Å². The van der Waals surface area contributed by atoms with E-state index in [0.29, 0.717) is 42.9 Å². The van der Waals surface area contributed by atoms with Gasteiger partial charge in [-0.3, -0.25) is 14.2 Å². The minimum atomic E-state index is -1.54. The summed E-state index contributed by atoms with van der Waals surface area (Å²) in [6, 6.07) is 3.99. The van der Waals surface area contributed by atoms with Gasteiger partial charge >= 0.3 is 11.7 Å². The van der Waals surface area contributed by atoms with Crippen molar-refractivity contribution in [2.75, 3.05) is 40.0 Å². The van der Waals surface area contributed by atoms with Crippen LogP contribution in [0.2, 0.25) is 0 Å². The van der Waals surface area contributed by atoms with Crippen LogP contribution in [0.4, 0.5) is 4.39 Å². The van der Waals surface area contributed by atoms with Gasteiger partial charge in [0.1, 0.15) is 32.9 Å². The van der Waals surface area contributed by atoms with Gasteiger partial charge in [0.15, 0.2) is 0 Å². The van der Waals surface area contributed by atoms with E-state index in [1.807, 2.05) is 0 Å². The largest absolute Gasteiger partial charge is 0.496 e. The summed E-state index contributed by atoms with van der Waals surface area (Å²) in [4.78, 5) is 57.1. The van der Waals surface area contributed by atoms with Crippen molar-refractivity contribution in [3.8, 4) is 5.75 Å². The number of methoxy groups -OCH3 is 1. The van der Waals surface area contributed by atoms with E-state index < -0.39 is 34.7 Å². The van der Waals surface area contributed by atoms with Crippen LogP contribution >= 0.6 is 11.3 Å². The van der Waals surface area contributed by atoms with E-state index in [2.05, 4.69) is 0 Å². The van der Waals surface area contributed by atoms with Gasteiger partial charge in [0, 0.05) is 25.3 Å². The zero-order chi connectivity index (χ0) is 31.5. The summed E-state index contributed by atoms with van der Waals surface area (Å²) in [7, 11) is 1.44. The highest BCUT2D eigenvalue weighted by molar-refractivity contribution is 7.20. The molecule has 13 heteroatoms. The molecule has 2 aromatic heterocycles. The van der Waals surface area contributed by atoms with E-state index in [1.54, 1.807) is 32.6 Å². The molecule has 0 radical (unpaired) electrons. The lowest BCUT2D eigenvalue weighted by atomic mass is 10.0. The molecular formula is C30H39FN4O7S. The highest BCUT2D eigenvalue weighted by Crippen LogP contribution is 2.34. The number of nitrogens with zero attached hydrogens (tertiary/aromatic N) is 3. The van der Waals surface area contributed by atoms with Crippen LogP contribution in [0, 0.1) is 12.7 Å². The molecule has 0 spiro atoms. The van der Waals surface area contributed by atoms with Gasteiger partial charge in [-0.25, -0.2) is 18.5 Å². The number of thiophene rings is 1. The van der Waals surface area contributed by atoms with Gasteiger partial charge in [0.05, 0.1) is 25.6 Å². The fourth-order valence-corrected chi connectivity index (χ4v) is 6.66. The molecule has 3 heterocycles. The maximum absolute atomic E-state index is 14.5. The summed E-state index contributed by atoms with van der Waals surface area (Å²) in [6.45, 7) is 7.96. The summed E-state index contributed by atoms with van der Waals surface area (Å²) in [5.74, 6) is -1.16. The van der Waals surface area contributed by atoms with Crippen molar-refractivity contribution in [3.63, 3.8) is 0 Å². The Bertz CT molecular complexity index is 1620. The van der Waals surface area contributed by atoms with Crippen molar-refractivity contribution in [2.45, 2.75) is 65.1 Å². The smallest absolute Gasteiger partial charge is 0.348 e. The van der Waals surface area contributed by atoms with Gasteiger partial charge in [-0.05, 0) is 77.3 Å². The number of aromatic nitrogens is 2. The Morgan fingerprint density at radius 1 is 1.19 bits per heavy atom. The highest BCUT2D eigenvalue weighted by Gasteiger charge is 2.39. The Labute approximate surface area is 252 Å². The van der Waals surface area contributed by atoms with Crippen LogP contribution in [0.25, 0.3) is 10.2 Å². The Kier molecular flexibility index (Phi) is 10.1. The number of ether oxygens (including phenoxy) is 3. The predicted octanol–water partition coefficient (Wildman–Crippen LogP) is 3.32. The molecule has 0 saturated carbocycles. The number of aryl methyl sites for hydroxylation is 1. The molecule has 2 N–H and O–H groups in total. The molecule has 1 saturated heterocycles. The van der Waals surface area contributed by atoms with Gasteiger partial charge in [-0.1, -0.05) is 0 Å². The standard InChI is InChI=1S/C30H39FN4O7S/c1-6-41-27(37)24-18(2)23-25(36)35(30(3,4)28(38)33-13-7-8-14-33)29(39)34(26(23)43-24)17-22(42-15-9-12-32)20-16-19(31)10-11-21(20)40-5/h10-11,16,22H,6-9,12-15,17,32H2,1-5H3/t22-/m0/s1. The number of hydrogen-bond acceptors (Lipinski definition) is 9. The van der Waals surface area contributed by atoms with Gasteiger partial charge < -0.3 is 24.8 Å². The van der Waals surface area contributed by atoms with Crippen molar-refractivity contribution in [2.24, 2.45) is 5.73 Å². The second-order valence-electron chi connectivity index (χ2n) is 10.9. The van der Waals surface area contributed by atoms with Crippen molar-refractivity contribution in [1.82, 2.24) is 14.0 Å². The van der Waals surface area contributed by atoms with Gasteiger partial charge in [-0.2, -0.15) is 0 Å². The summed E-state index contributed by atoms with van der Waals surface area (Å²) in [6.07, 6.45) is 1.27. The lowest BCUT2D eigenvalue weighted by molar-refractivity contribution is -0.138. The van der Waals surface area contributed by atoms with Crippen LogP contribution in [0.5, 0.6) is 5.75 Å². The van der Waals surface area contributed by atoms with Crippen LogP contribution in [0.3, 0.4) is 0 Å². The van der Waals surface area contributed by atoms with Crippen LogP contribution in [-0.2, 0) is 26.4 Å². The first-order chi connectivity index (χ1) is 20.5. The number of esters is 1. The third-order valence-corrected chi connectivity index (χ3v) is 9.00. The molecule has 1 fully saturated rings. The number of nitrogens with two attached hydrogens (primary N) is 1. The number of hydrogen-bond donors (Lipinski definition) is 1. The van der Waals surface area contributed by atoms with E-state index in [1.165, 1.54) is 29.9 Å². The lowest BCUT2D eigenvalue weighted by Crippen LogP contribution is -2.56. The number of carbonyl (C=O) groups is 2. The summed E-state index contributed by atoms with van der Waals surface area (Å²) in [5.41, 5.74) is 3.41. The molecule has 4 rings (SSSR count). The van der Waals surface area contributed by atoms with Crippen molar-refractivity contribution < 1.29 is 28.2 Å². The predicted molar refractivity (Wildman–Crippen MR) is 161 cm³/mol. The maximum Gasteiger partial charge on any atom is 0.348 e. The average molecular weight is 619 g/mol. The van der Waals surface area contributed by atoms with E-state index in [4.69, 9.17) is 19.9 Å². The van der Waals surface area contributed by atoms with Crippen LogP contribution in [-0.4, -0.2) is 65.9 Å². The first-order valence-electron chi connectivity index (χ1n) is 14.4. The van der Waals surface area contributed by atoms with Gasteiger partial charge in [0.2, 0.25) is 5.91 Å². The molecule has 0 unspecified atom stereocenters.